The van der Waals surface area contributed by atoms with Crippen molar-refractivity contribution in [1.29, 1.82) is 0 Å². The fourth-order valence-corrected chi connectivity index (χ4v) is 3.00. The highest BCUT2D eigenvalue weighted by molar-refractivity contribution is 5.82. The van der Waals surface area contributed by atoms with E-state index in [1.165, 1.54) is 25.3 Å². The van der Waals surface area contributed by atoms with Crippen LogP contribution in [0.25, 0.3) is 0 Å². The van der Waals surface area contributed by atoms with E-state index in [-0.39, 0.29) is 29.8 Å². The molecule has 1 aromatic carbocycles. The van der Waals surface area contributed by atoms with Gasteiger partial charge in [0.05, 0.1) is 13.0 Å². The molecule has 2 rings (SSSR count). The Morgan fingerprint density at radius 3 is 2.62 bits per heavy atom. The molecular weight excluding hydrogens is 316 g/mol. The SMILES string of the molecule is CN=C(NCCc1c(F)cccc1F)N1CC(C)C(C(=O)OC)C1. The normalized spacial score (nSPS) is 21.0. The molecule has 0 radical (unpaired) electrons. The molecule has 0 aromatic heterocycles. The predicted octanol–water partition coefficient (Wildman–Crippen LogP) is 1.82. The third kappa shape index (κ3) is 4.01. The molecule has 0 bridgehead atoms. The highest BCUT2D eigenvalue weighted by Crippen LogP contribution is 2.24. The minimum absolute atomic E-state index is 0.0580. The van der Waals surface area contributed by atoms with Crippen LogP contribution in [0.2, 0.25) is 0 Å². The fourth-order valence-electron chi connectivity index (χ4n) is 3.00. The van der Waals surface area contributed by atoms with Crippen LogP contribution in [0.4, 0.5) is 8.78 Å². The van der Waals surface area contributed by atoms with Gasteiger partial charge in [0.2, 0.25) is 0 Å². The van der Waals surface area contributed by atoms with E-state index in [2.05, 4.69) is 10.3 Å². The Balaban J connectivity index is 1.93. The van der Waals surface area contributed by atoms with Crippen LogP contribution in [-0.4, -0.2) is 50.6 Å². The molecule has 1 aliphatic rings. The number of hydrogen-bond acceptors (Lipinski definition) is 3. The molecule has 0 spiro atoms. The summed E-state index contributed by atoms with van der Waals surface area (Å²) >= 11 is 0. The number of methoxy groups -OCH3 is 1. The smallest absolute Gasteiger partial charge is 0.310 e. The molecule has 0 amide bonds. The largest absolute Gasteiger partial charge is 0.469 e. The monoisotopic (exact) mass is 339 g/mol. The van der Waals surface area contributed by atoms with Gasteiger partial charge in [-0.1, -0.05) is 13.0 Å². The second-order valence-electron chi connectivity index (χ2n) is 5.94. The first kappa shape index (κ1) is 18.2. The number of halogens is 2. The standard InChI is InChI=1S/C17H23F2N3O2/c1-11-9-22(10-13(11)16(23)24-3)17(20-2)21-8-7-12-14(18)5-4-6-15(12)19/h4-6,11,13H,7-10H2,1-3H3,(H,20,21). The summed E-state index contributed by atoms with van der Waals surface area (Å²) in [5.41, 5.74) is 0.0580. The molecular formula is C17H23F2N3O2. The summed E-state index contributed by atoms with van der Waals surface area (Å²) in [6.45, 7) is 3.52. The van der Waals surface area contributed by atoms with Gasteiger partial charge < -0.3 is 15.0 Å². The van der Waals surface area contributed by atoms with Crippen molar-refractivity contribution in [2.75, 3.05) is 33.8 Å². The summed E-state index contributed by atoms with van der Waals surface area (Å²) in [7, 11) is 3.02. The van der Waals surface area contributed by atoms with E-state index >= 15 is 0 Å². The predicted molar refractivity (Wildman–Crippen MR) is 87.7 cm³/mol. The molecule has 7 heteroatoms. The van der Waals surface area contributed by atoms with Gasteiger partial charge in [-0.05, 0) is 24.5 Å². The van der Waals surface area contributed by atoms with Gasteiger partial charge in [0.15, 0.2) is 5.96 Å². The number of nitrogens with one attached hydrogen (secondary N) is 1. The number of likely N-dealkylation sites (tertiary alicyclic amines) is 1. The van der Waals surface area contributed by atoms with Gasteiger partial charge in [0.25, 0.3) is 0 Å². The van der Waals surface area contributed by atoms with E-state index in [1.807, 2.05) is 11.8 Å². The summed E-state index contributed by atoms with van der Waals surface area (Å²) in [5, 5.41) is 3.10. The molecule has 1 aromatic rings. The molecule has 0 saturated carbocycles. The van der Waals surface area contributed by atoms with Crippen molar-refractivity contribution < 1.29 is 18.3 Å². The molecule has 132 valence electrons. The van der Waals surface area contributed by atoms with Crippen LogP contribution in [0.3, 0.4) is 0 Å². The zero-order chi connectivity index (χ0) is 17.7. The molecule has 1 saturated heterocycles. The van der Waals surface area contributed by atoms with Crippen LogP contribution < -0.4 is 5.32 Å². The Hall–Kier alpha value is -2.18. The molecule has 2 unspecified atom stereocenters. The molecule has 1 N–H and O–H groups in total. The second-order valence-corrected chi connectivity index (χ2v) is 5.94. The minimum atomic E-state index is -0.549. The first-order chi connectivity index (χ1) is 11.5. The molecule has 24 heavy (non-hydrogen) atoms. The Kier molecular flexibility index (Phi) is 6.11. The number of benzene rings is 1. The Morgan fingerprint density at radius 2 is 2.04 bits per heavy atom. The van der Waals surface area contributed by atoms with Crippen molar-refractivity contribution in [3.8, 4) is 0 Å². The van der Waals surface area contributed by atoms with Crippen molar-refractivity contribution >= 4 is 11.9 Å². The van der Waals surface area contributed by atoms with Crippen molar-refractivity contribution in [3.05, 3.63) is 35.4 Å². The van der Waals surface area contributed by atoms with Gasteiger partial charge in [0, 0.05) is 32.2 Å². The van der Waals surface area contributed by atoms with E-state index in [1.54, 1.807) is 7.05 Å². The van der Waals surface area contributed by atoms with Crippen molar-refractivity contribution in [2.45, 2.75) is 13.3 Å². The highest BCUT2D eigenvalue weighted by atomic mass is 19.1. The summed E-state index contributed by atoms with van der Waals surface area (Å²) in [4.78, 5) is 17.9. The minimum Gasteiger partial charge on any atom is -0.469 e. The molecule has 1 aliphatic heterocycles. The van der Waals surface area contributed by atoms with Gasteiger partial charge in [-0.2, -0.15) is 0 Å². The summed E-state index contributed by atoms with van der Waals surface area (Å²) in [6, 6.07) is 3.84. The number of guanidine groups is 1. The van der Waals surface area contributed by atoms with E-state index in [0.29, 0.717) is 25.6 Å². The lowest BCUT2D eigenvalue weighted by molar-refractivity contribution is -0.145. The zero-order valence-electron chi connectivity index (χ0n) is 14.2. The number of rotatable bonds is 4. The van der Waals surface area contributed by atoms with E-state index in [9.17, 15) is 13.6 Å². The number of aliphatic imine (C=N–C) groups is 1. The lowest BCUT2D eigenvalue weighted by Gasteiger charge is -2.21. The summed E-state index contributed by atoms with van der Waals surface area (Å²) < 4.78 is 32.1. The highest BCUT2D eigenvalue weighted by Gasteiger charge is 2.36. The topological polar surface area (TPSA) is 53.9 Å². The van der Waals surface area contributed by atoms with Gasteiger partial charge in [0.1, 0.15) is 11.6 Å². The maximum Gasteiger partial charge on any atom is 0.310 e. The molecule has 2 atom stereocenters. The molecule has 1 fully saturated rings. The summed E-state index contributed by atoms with van der Waals surface area (Å²) in [6.07, 6.45) is 0.210. The van der Waals surface area contributed by atoms with E-state index in [0.717, 1.165) is 0 Å². The fraction of sp³-hybridized carbons (Fsp3) is 0.529. The zero-order valence-corrected chi connectivity index (χ0v) is 14.2. The van der Waals surface area contributed by atoms with Gasteiger partial charge in [-0.15, -0.1) is 0 Å². The van der Waals surface area contributed by atoms with Crippen LogP contribution in [0.15, 0.2) is 23.2 Å². The van der Waals surface area contributed by atoms with Crippen LogP contribution in [0.1, 0.15) is 12.5 Å². The summed E-state index contributed by atoms with van der Waals surface area (Å²) in [5.74, 6) is -0.754. The van der Waals surface area contributed by atoms with Gasteiger partial charge >= 0.3 is 5.97 Å². The van der Waals surface area contributed by atoms with Gasteiger partial charge in [-0.3, -0.25) is 9.79 Å². The number of hydrogen-bond donors (Lipinski definition) is 1. The first-order valence-corrected chi connectivity index (χ1v) is 7.94. The number of carbonyl (C=O) groups is 1. The Labute approximate surface area is 140 Å². The van der Waals surface area contributed by atoms with E-state index < -0.39 is 11.6 Å². The Bertz CT molecular complexity index is 602. The molecule has 0 aliphatic carbocycles. The third-order valence-corrected chi connectivity index (χ3v) is 4.35. The number of nitrogens with zero attached hydrogens (tertiary/aromatic N) is 2. The van der Waals surface area contributed by atoms with Crippen molar-refractivity contribution in [1.82, 2.24) is 10.2 Å². The lowest BCUT2D eigenvalue weighted by Crippen LogP contribution is -2.41. The van der Waals surface area contributed by atoms with E-state index in [4.69, 9.17) is 4.74 Å². The average Bonchev–Trinajstić information content (AvgIpc) is 2.94. The quantitative estimate of drug-likeness (QED) is 0.517. The number of ether oxygens (including phenoxy) is 1. The lowest BCUT2D eigenvalue weighted by atomic mass is 9.99. The maximum atomic E-state index is 13.6. The van der Waals surface area contributed by atoms with Crippen LogP contribution in [0.5, 0.6) is 0 Å². The van der Waals surface area contributed by atoms with Crippen LogP contribution in [0, 0.1) is 23.5 Å². The molecule has 5 nitrogen and oxygen atoms in total. The Morgan fingerprint density at radius 1 is 1.38 bits per heavy atom. The third-order valence-electron chi connectivity index (χ3n) is 4.35. The van der Waals surface area contributed by atoms with Crippen molar-refractivity contribution in [2.24, 2.45) is 16.8 Å². The molecule has 1 heterocycles. The van der Waals surface area contributed by atoms with Crippen molar-refractivity contribution in [3.63, 3.8) is 0 Å². The average molecular weight is 339 g/mol. The van der Waals surface area contributed by atoms with Gasteiger partial charge in [-0.25, -0.2) is 8.78 Å². The van der Waals surface area contributed by atoms with Crippen LogP contribution >= 0.6 is 0 Å². The second kappa shape index (κ2) is 8.08. The number of esters is 1. The first-order valence-electron chi connectivity index (χ1n) is 7.94. The maximum absolute atomic E-state index is 13.6. The number of carbonyl (C=O) groups excluding carboxylic acids is 1. The van der Waals surface area contributed by atoms with Crippen LogP contribution in [-0.2, 0) is 16.0 Å².